The number of aromatic amines is 1. The number of Topliss-reactive ketones (excluding diaryl/α,β-unsaturated/α-hetero) is 1. The Morgan fingerprint density at radius 3 is 2.67 bits per heavy atom. The predicted molar refractivity (Wildman–Crippen MR) is 110 cm³/mol. The topological polar surface area (TPSA) is 91.9 Å². The van der Waals surface area contributed by atoms with E-state index in [-0.39, 0.29) is 23.0 Å². The number of hydrogen-bond donors (Lipinski definition) is 2. The zero-order valence-electron chi connectivity index (χ0n) is 15.4. The van der Waals surface area contributed by atoms with Gasteiger partial charge in [0.1, 0.15) is 4.83 Å². The van der Waals surface area contributed by atoms with Crippen LogP contribution >= 0.6 is 23.1 Å². The van der Waals surface area contributed by atoms with Crippen LogP contribution in [0.2, 0.25) is 0 Å². The molecule has 0 fully saturated rings. The van der Waals surface area contributed by atoms with E-state index in [9.17, 15) is 14.4 Å². The molecule has 2 N–H and O–H groups in total. The molecule has 0 atom stereocenters. The van der Waals surface area contributed by atoms with Crippen molar-refractivity contribution in [3.63, 3.8) is 0 Å². The second-order valence-electron chi connectivity index (χ2n) is 6.32. The first-order valence-electron chi connectivity index (χ1n) is 8.30. The molecular weight excluding hydrogens is 382 g/mol. The zero-order valence-corrected chi connectivity index (χ0v) is 17.1. The number of amides is 1. The number of H-pyrrole nitrogens is 1. The first-order valence-corrected chi connectivity index (χ1v) is 10.1. The van der Waals surface area contributed by atoms with E-state index in [4.69, 9.17) is 0 Å². The Bertz CT molecular complexity index is 1120. The van der Waals surface area contributed by atoms with Gasteiger partial charge in [0.15, 0.2) is 10.9 Å². The molecule has 0 unspecified atom stereocenters. The molecule has 8 heteroatoms. The molecule has 6 nitrogen and oxygen atoms in total. The smallest absolute Gasteiger partial charge is 0.260 e. The summed E-state index contributed by atoms with van der Waals surface area (Å²) in [5, 5.41) is 3.67. The average molecular weight is 402 g/mol. The lowest BCUT2D eigenvalue weighted by Gasteiger charge is -2.08. The quantitative estimate of drug-likeness (QED) is 0.385. The first-order chi connectivity index (χ1) is 12.8. The highest BCUT2D eigenvalue weighted by atomic mass is 32.2. The van der Waals surface area contributed by atoms with Crippen molar-refractivity contribution in [2.75, 3.05) is 11.1 Å². The minimum absolute atomic E-state index is 0.0862. The molecule has 3 aromatic rings. The number of fused-ring (bicyclic) bond motifs is 1. The number of rotatable bonds is 5. The summed E-state index contributed by atoms with van der Waals surface area (Å²) in [6.07, 6.45) is 0. The second kappa shape index (κ2) is 7.66. The third kappa shape index (κ3) is 4.12. The van der Waals surface area contributed by atoms with Crippen LogP contribution in [-0.4, -0.2) is 27.4 Å². The van der Waals surface area contributed by atoms with Crippen molar-refractivity contribution in [1.29, 1.82) is 0 Å². The van der Waals surface area contributed by atoms with E-state index in [1.807, 2.05) is 32.0 Å². The number of aryl methyl sites for hydroxylation is 3. The van der Waals surface area contributed by atoms with Crippen molar-refractivity contribution < 1.29 is 9.59 Å². The summed E-state index contributed by atoms with van der Waals surface area (Å²) in [6, 6.07) is 5.81. The van der Waals surface area contributed by atoms with Gasteiger partial charge in [-0.25, -0.2) is 4.98 Å². The fourth-order valence-corrected chi connectivity index (χ4v) is 4.60. The summed E-state index contributed by atoms with van der Waals surface area (Å²) in [5.41, 5.74) is 3.25. The fourth-order valence-electron chi connectivity index (χ4n) is 2.80. The van der Waals surface area contributed by atoms with Crippen molar-refractivity contribution in [1.82, 2.24) is 9.97 Å². The standard InChI is InChI=1S/C19H19N3O3S2/c1-9-5-6-13(10(2)7-9)20-14(24)8-26-19-21-17(25)15-11(3)16(12(4)23)27-18(15)22-19/h5-7H,8H2,1-4H3,(H,20,24)(H,21,22,25). The number of benzene rings is 1. The SMILES string of the molecule is CC(=O)c1sc2nc(SCC(=O)Nc3ccc(C)cc3C)[nH]c(=O)c2c1C. The summed E-state index contributed by atoms with van der Waals surface area (Å²) in [6.45, 7) is 7.15. The maximum atomic E-state index is 12.4. The Kier molecular flexibility index (Phi) is 5.48. The van der Waals surface area contributed by atoms with E-state index in [2.05, 4.69) is 15.3 Å². The Morgan fingerprint density at radius 2 is 2.00 bits per heavy atom. The van der Waals surface area contributed by atoms with Crippen molar-refractivity contribution in [3.05, 3.63) is 50.1 Å². The number of thiophene rings is 1. The number of carbonyl (C=O) groups is 2. The van der Waals surface area contributed by atoms with Crippen molar-refractivity contribution in [2.24, 2.45) is 0 Å². The summed E-state index contributed by atoms with van der Waals surface area (Å²) < 4.78 is 0. The summed E-state index contributed by atoms with van der Waals surface area (Å²) in [5.74, 6) is -0.149. The molecule has 1 amide bonds. The van der Waals surface area contributed by atoms with Crippen molar-refractivity contribution in [3.8, 4) is 0 Å². The highest BCUT2D eigenvalue weighted by Gasteiger charge is 2.17. The van der Waals surface area contributed by atoms with Crippen LogP contribution in [0.4, 0.5) is 5.69 Å². The van der Waals surface area contributed by atoms with Crippen LogP contribution in [0.5, 0.6) is 0 Å². The molecule has 3 rings (SSSR count). The fraction of sp³-hybridized carbons (Fsp3) is 0.263. The maximum absolute atomic E-state index is 12.4. The molecular formula is C19H19N3O3S2. The third-order valence-electron chi connectivity index (χ3n) is 4.09. The molecule has 0 aliphatic carbocycles. The molecule has 0 radical (unpaired) electrons. The molecule has 2 heterocycles. The van der Waals surface area contributed by atoms with Crippen LogP contribution in [-0.2, 0) is 4.79 Å². The third-order valence-corrected chi connectivity index (χ3v) is 6.25. The largest absolute Gasteiger partial charge is 0.325 e. The van der Waals surface area contributed by atoms with Crippen molar-refractivity contribution >= 4 is 50.7 Å². The van der Waals surface area contributed by atoms with Gasteiger partial charge >= 0.3 is 0 Å². The zero-order chi connectivity index (χ0) is 19.7. The van der Waals surface area contributed by atoms with Gasteiger partial charge in [-0.3, -0.25) is 14.4 Å². The number of nitrogens with one attached hydrogen (secondary N) is 2. The molecule has 0 saturated heterocycles. The van der Waals surface area contributed by atoms with E-state index in [0.717, 1.165) is 28.6 Å². The van der Waals surface area contributed by atoms with E-state index >= 15 is 0 Å². The van der Waals surface area contributed by atoms with Crippen LogP contribution in [0, 0.1) is 20.8 Å². The molecule has 1 aromatic carbocycles. The summed E-state index contributed by atoms with van der Waals surface area (Å²) in [7, 11) is 0. The van der Waals surface area contributed by atoms with Gasteiger partial charge in [0.05, 0.1) is 16.0 Å². The van der Waals surface area contributed by atoms with Gasteiger partial charge in [-0.1, -0.05) is 29.5 Å². The molecule has 2 aromatic heterocycles. The van der Waals surface area contributed by atoms with Crippen LogP contribution in [0.1, 0.15) is 33.3 Å². The number of ketones is 1. The van der Waals surface area contributed by atoms with Crippen molar-refractivity contribution in [2.45, 2.75) is 32.9 Å². The Hall–Kier alpha value is -2.45. The van der Waals surface area contributed by atoms with Crippen LogP contribution in [0.15, 0.2) is 28.2 Å². The van der Waals surface area contributed by atoms with Gasteiger partial charge in [0, 0.05) is 5.69 Å². The molecule has 0 aliphatic rings. The highest BCUT2D eigenvalue weighted by molar-refractivity contribution is 7.99. The molecule has 140 valence electrons. The van der Waals surface area contributed by atoms with E-state index in [1.165, 1.54) is 18.3 Å². The number of anilines is 1. The number of carbonyl (C=O) groups excluding carboxylic acids is 2. The average Bonchev–Trinajstić information content (AvgIpc) is 2.93. The Labute approximate surface area is 164 Å². The number of aromatic nitrogens is 2. The Morgan fingerprint density at radius 1 is 1.26 bits per heavy atom. The number of hydrogen-bond acceptors (Lipinski definition) is 6. The van der Waals surface area contributed by atoms with E-state index in [1.54, 1.807) is 6.92 Å². The van der Waals surface area contributed by atoms with Gasteiger partial charge in [-0.05, 0) is 44.9 Å². The van der Waals surface area contributed by atoms with Gasteiger partial charge < -0.3 is 10.3 Å². The van der Waals surface area contributed by atoms with Gasteiger partial charge in [-0.2, -0.15) is 0 Å². The molecule has 0 bridgehead atoms. The van der Waals surface area contributed by atoms with Crippen LogP contribution in [0.25, 0.3) is 10.2 Å². The maximum Gasteiger partial charge on any atom is 0.260 e. The highest BCUT2D eigenvalue weighted by Crippen LogP contribution is 2.28. The lowest BCUT2D eigenvalue weighted by Crippen LogP contribution is -2.16. The first kappa shape index (κ1) is 19.3. The molecule has 0 saturated carbocycles. The Balaban J connectivity index is 1.76. The normalized spacial score (nSPS) is 11.0. The molecule has 0 aliphatic heterocycles. The summed E-state index contributed by atoms with van der Waals surface area (Å²) in [4.78, 5) is 44.4. The summed E-state index contributed by atoms with van der Waals surface area (Å²) >= 11 is 2.36. The minimum Gasteiger partial charge on any atom is -0.325 e. The van der Waals surface area contributed by atoms with Gasteiger partial charge in [-0.15, -0.1) is 11.3 Å². The number of nitrogens with zero attached hydrogens (tertiary/aromatic N) is 1. The number of thioether (sulfide) groups is 1. The lowest BCUT2D eigenvalue weighted by molar-refractivity contribution is -0.113. The molecule has 0 spiro atoms. The second-order valence-corrected chi connectivity index (χ2v) is 8.28. The van der Waals surface area contributed by atoms with E-state index in [0.29, 0.717) is 25.8 Å². The van der Waals surface area contributed by atoms with Gasteiger partial charge in [0.2, 0.25) is 5.91 Å². The van der Waals surface area contributed by atoms with Crippen LogP contribution < -0.4 is 10.9 Å². The van der Waals surface area contributed by atoms with Gasteiger partial charge in [0.25, 0.3) is 5.56 Å². The van der Waals surface area contributed by atoms with E-state index < -0.39 is 0 Å². The monoisotopic (exact) mass is 401 g/mol. The predicted octanol–water partition coefficient (Wildman–Crippen LogP) is 3.84. The molecule has 27 heavy (non-hydrogen) atoms. The van der Waals surface area contributed by atoms with Crippen LogP contribution in [0.3, 0.4) is 0 Å². The lowest BCUT2D eigenvalue weighted by atomic mass is 10.1. The minimum atomic E-state index is -0.293.